The summed E-state index contributed by atoms with van der Waals surface area (Å²) >= 11 is 2.10. The summed E-state index contributed by atoms with van der Waals surface area (Å²) in [6, 6.07) is 0. The first-order valence-corrected chi connectivity index (χ1v) is 8.44. The second kappa shape index (κ2) is 8.68. The van der Waals surface area contributed by atoms with Crippen LogP contribution in [0.1, 0.15) is 27.2 Å². The third-order valence-corrected chi connectivity index (χ3v) is 5.11. The smallest absolute Gasteiger partial charge is 0.194 e. The van der Waals surface area contributed by atoms with Crippen molar-refractivity contribution in [1.82, 2.24) is 10.2 Å². The molecule has 118 valence electrons. The third-order valence-electron chi connectivity index (χ3n) is 3.74. The molecule has 0 aromatic rings. The van der Waals surface area contributed by atoms with Crippen LogP contribution < -0.4 is 5.32 Å². The quantitative estimate of drug-likeness (QED) is 0.437. The lowest BCUT2D eigenvalue weighted by molar-refractivity contribution is -0.0946. The zero-order chi connectivity index (χ0) is 13.7. The van der Waals surface area contributed by atoms with Gasteiger partial charge in [-0.05, 0) is 13.3 Å². The predicted molar refractivity (Wildman–Crippen MR) is 98.4 cm³/mol. The van der Waals surface area contributed by atoms with E-state index in [1.165, 1.54) is 12.2 Å². The highest BCUT2D eigenvalue weighted by Crippen LogP contribution is 2.27. The molecule has 0 bridgehead atoms. The molecule has 1 atom stereocenters. The lowest BCUT2D eigenvalue weighted by Gasteiger charge is -2.38. The van der Waals surface area contributed by atoms with E-state index in [-0.39, 0.29) is 29.4 Å². The molecular formula is C14H28IN3OS. The molecule has 4 nitrogen and oxygen atoms in total. The standard InChI is InChI=1S/C14H27N3OS.HI/c1-4-12-8-17(6-7-19-12)13(15-5-2)16-9-14(3)10-18-11-14;/h12H,4-11H2,1-3H3,(H,15,16);1H. The molecule has 2 aliphatic heterocycles. The van der Waals surface area contributed by atoms with Crippen molar-refractivity contribution >= 4 is 41.7 Å². The van der Waals surface area contributed by atoms with Gasteiger partial charge in [-0.25, -0.2) is 0 Å². The second-order valence-electron chi connectivity index (χ2n) is 5.82. The number of nitrogens with one attached hydrogen (secondary N) is 1. The van der Waals surface area contributed by atoms with E-state index in [0.717, 1.165) is 50.6 Å². The number of nitrogens with zero attached hydrogens (tertiary/aromatic N) is 2. The van der Waals surface area contributed by atoms with Crippen molar-refractivity contribution in [3.63, 3.8) is 0 Å². The molecule has 2 rings (SSSR count). The molecule has 6 heteroatoms. The Morgan fingerprint density at radius 2 is 2.20 bits per heavy atom. The van der Waals surface area contributed by atoms with E-state index in [1.807, 2.05) is 0 Å². The number of guanidine groups is 1. The van der Waals surface area contributed by atoms with Gasteiger partial charge in [0.25, 0.3) is 0 Å². The number of hydrogen-bond donors (Lipinski definition) is 1. The Bertz CT molecular complexity index is 324. The Hall–Kier alpha value is 0.310. The number of halogens is 1. The molecule has 2 heterocycles. The van der Waals surface area contributed by atoms with Crippen LogP contribution in [-0.2, 0) is 4.74 Å². The molecule has 2 fully saturated rings. The van der Waals surface area contributed by atoms with Crippen LogP contribution >= 0.6 is 35.7 Å². The highest BCUT2D eigenvalue weighted by Gasteiger charge is 2.33. The highest BCUT2D eigenvalue weighted by atomic mass is 127. The zero-order valence-corrected chi connectivity index (χ0v) is 16.0. The summed E-state index contributed by atoms with van der Waals surface area (Å²) in [7, 11) is 0. The monoisotopic (exact) mass is 413 g/mol. The minimum atomic E-state index is 0. The molecule has 0 aromatic carbocycles. The van der Waals surface area contributed by atoms with Crippen molar-refractivity contribution in [2.24, 2.45) is 10.4 Å². The van der Waals surface area contributed by atoms with Crippen molar-refractivity contribution in [3.05, 3.63) is 0 Å². The summed E-state index contributed by atoms with van der Waals surface area (Å²) in [5.74, 6) is 2.30. The van der Waals surface area contributed by atoms with Gasteiger partial charge in [-0.1, -0.05) is 13.8 Å². The number of aliphatic imine (C=N–C) groups is 1. The molecule has 0 spiro atoms. The Kier molecular flexibility index (Phi) is 7.97. The minimum absolute atomic E-state index is 0. The minimum Gasteiger partial charge on any atom is -0.380 e. The van der Waals surface area contributed by atoms with Gasteiger partial charge in [-0.2, -0.15) is 11.8 Å². The number of rotatable bonds is 4. The third kappa shape index (κ3) is 4.94. The van der Waals surface area contributed by atoms with E-state index in [4.69, 9.17) is 9.73 Å². The van der Waals surface area contributed by atoms with Crippen molar-refractivity contribution in [2.45, 2.75) is 32.4 Å². The largest absolute Gasteiger partial charge is 0.380 e. The molecule has 0 aromatic heterocycles. The van der Waals surface area contributed by atoms with Gasteiger partial charge >= 0.3 is 0 Å². The van der Waals surface area contributed by atoms with Crippen molar-refractivity contribution < 1.29 is 4.74 Å². The maximum atomic E-state index is 5.30. The van der Waals surface area contributed by atoms with Gasteiger partial charge in [-0.3, -0.25) is 4.99 Å². The molecule has 2 aliphatic rings. The molecule has 2 saturated heterocycles. The van der Waals surface area contributed by atoms with Gasteiger partial charge in [0, 0.05) is 36.1 Å². The van der Waals surface area contributed by atoms with Crippen LogP contribution in [0.25, 0.3) is 0 Å². The summed E-state index contributed by atoms with van der Waals surface area (Å²) < 4.78 is 5.30. The molecule has 0 amide bonds. The average Bonchev–Trinajstić information content (AvgIpc) is 2.41. The van der Waals surface area contributed by atoms with Crippen LogP contribution in [0.15, 0.2) is 4.99 Å². The topological polar surface area (TPSA) is 36.9 Å². The molecule has 1 N–H and O–H groups in total. The van der Waals surface area contributed by atoms with Crippen molar-refractivity contribution in [2.75, 3.05) is 45.1 Å². The first kappa shape index (κ1) is 18.4. The van der Waals surface area contributed by atoms with E-state index in [1.54, 1.807) is 0 Å². The van der Waals surface area contributed by atoms with E-state index in [9.17, 15) is 0 Å². The summed E-state index contributed by atoms with van der Waals surface area (Å²) in [5.41, 5.74) is 0.259. The van der Waals surface area contributed by atoms with Gasteiger partial charge in [0.1, 0.15) is 0 Å². The molecule has 1 unspecified atom stereocenters. The second-order valence-corrected chi connectivity index (χ2v) is 7.23. The fourth-order valence-corrected chi connectivity index (χ4v) is 3.57. The lowest BCUT2D eigenvalue weighted by atomic mass is 9.89. The fraction of sp³-hybridized carbons (Fsp3) is 0.929. The van der Waals surface area contributed by atoms with Crippen LogP contribution in [0.3, 0.4) is 0 Å². The summed E-state index contributed by atoms with van der Waals surface area (Å²) in [6.07, 6.45) is 1.24. The van der Waals surface area contributed by atoms with Gasteiger partial charge in [0.2, 0.25) is 0 Å². The predicted octanol–water partition coefficient (Wildman–Crippen LogP) is 2.43. The SMILES string of the molecule is CCNC(=NCC1(C)COC1)N1CCSC(CC)C1.I. The zero-order valence-electron chi connectivity index (χ0n) is 12.9. The van der Waals surface area contributed by atoms with E-state index in [0.29, 0.717) is 0 Å². The molecule has 20 heavy (non-hydrogen) atoms. The van der Waals surface area contributed by atoms with Gasteiger partial charge < -0.3 is 15.0 Å². The molecule has 0 saturated carbocycles. The van der Waals surface area contributed by atoms with E-state index >= 15 is 0 Å². The van der Waals surface area contributed by atoms with Crippen molar-refractivity contribution in [1.29, 1.82) is 0 Å². The molecule has 0 aliphatic carbocycles. The van der Waals surface area contributed by atoms with E-state index < -0.39 is 0 Å². The lowest BCUT2D eigenvalue weighted by Crippen LogP contribution is -2.49. The summed E-state index contributed by atoms with van der Waals surface area (Å²) in [6.45, 7) is 12.4. The Balaban J connectivity index is 0.00000200. The summed E-state index contributed by atoms with van der Waals surface area (Å²) in [4.78, 5) is 7.27. The maximum absolute atomic E-state index is 5.30. The summed E-state index contributed by atoms with van der Waals surface area (Å²) in [5, 5.41) is 4.19. The first-order chi connectivity index (χ1) is 9.17. The highest BCUT2D eigenvalue weighted by molar-refractivity contribution is 14.0. The van der Waals surface area contributed by atoms with Crippen molar-refractivity contribution in [3.8, 4) is 0 Å². The van der Waals surface area contributed by atoms with Crippen LogP contribution in [0, 0.1) is 5.41 Å². The Morgan fingerprint density at radius 3 is 2.75 bits per heavy atom. The maximum Gasteiger partial charge on any atom is 0.194 e. The van der Waals surface area contributed by atoms with Gasteiger partial charge in [0.05, 0.1) is 19.8 Å². The van der Waals surface area contributed by atoms with E-state index in [2.05, 4.69) is 42.7 Å². The Morgan fingerprint density at radius 1 is 1.45 bits per heavy atom. The first-order valence-electron chi connectivity index (χ1n) is 7.39. The molecule has 0 radical (unpaired) electrons. The van der Waals surface area contributed by atoms with Crippen LogP contribution in [0.5, 0.6) is 0 Å². The number of thioether (sulfide) groups is 1. The van der Waals surface area contributed by atoms with Gasteiger partial charge in [-0.15, -0.1) is 24.0 Å². The fourth-order valence-electron chi connectivity index (χ4n) is 2.39. The average molecular weight is 413 g/mol. The van der Waals surface area contributed by atoms with Crippen LogP contribution in [-0.4, -0.2) is 61.3 Å². The number of hydrogen-bond acceptors (Lipinski definition) is 3. The normalized spacial score (nSPS) is 25.6. The Labute approximate surface area is 144 Å². The van der Waals surface area contributed by atoms with Crippen LogP contribution in [0.4, 0.5) is 0 Å². The molecular weight excluding hydrogens is 385 g/mol. The van der Waals surface area contributed by atoms with Crippen LogP contribution in [0.2, 0.25) is 0 Å². The number of ether oxygens (including phenoxy) is 1. The van der Waals surface area contributed by atoms with Gasteiger partial charge in [0.15, 0.2) is 5.96 Å².